The van der Waals surface area contributed by atoms with Crippen LogP contribution in [-0.2, 0) is 21.0 Å². The SMILES string of the molecule is O=C(O)C(O)CCNS(=O)(=O)c1cccc(C(F)(F)F)c1. The van der Waals surface area contributed by atoms with Gasteiger partial charge in [-0.1, -0.05) is 6.07 Å². The molecule has 1 aromatic rings. The van der Waals surface area contributed by atoms with Crippen molar-refractivity contribution in [2.75, 3.05) is 6.54 Å². The topological polar surface area (TPSA) is 104 Å². The Kier molecular flexibility index (Phi) is 5.31. The summed E-state index contributed by atoms with van der Waals surface area (Å²) in [6, 6.07) is 3.12. The first-order chi connectivity index (χ1) is 9.54. The molecule has 3 N–H and O–H groups in total. The first kappa shape index (κ1) is 17.4. The Morgan fingerprint density at radius 1 is 1.33 bits per heavy atom. The Balaban J connectivity index is 2.82. The molecular formula is C11H12F3NO5S. The van der Waals surface area contributed by atoms with Gasteiger partial charge in [0, 0.05) is 6.54 Å². The molecule has 0 aromatic heterocycles. The van der Waals surface area contributed by atoms with E-state index in [0.717, 1.165) is 18.2 Å². The van der Waals surface area contributed by atoms with Gasteiger partial charge in [-0.05, 0) is 24.6 Å². The maximum Gasteiger partial charge on any atom is 0.416 e. The number of aliphatic hydroxyl groups is 1. The molecule has 1 rings (SSSR count). The fourth-order valence-electron chi connectivity index (χ4n) is 1.38. The average molecular weight is 327 g/mol. The Morgan fingerprint density at radius 3 is 2.48 bits per heavy atom. The van der Waals surface area contributed by atoms with Crippen LogP contribution in [0.4, 0.5) is 13.2 Å². The number of rotatable bonds is 6. The Bertz CT molecular complexity index is 615. The third-order valence-corrected chi connectivity index (χ3v) is 3.93. The summed E-state index contributed by atoms with van der Waals surface area (Å²) in [5, 5.41) is 17.4. The maximum atomic E-state index is 12.5. The minimum absolute atomic E-state index is 0.409. The van der Waals surface area contributed by atoms with Crippen LogP contribution in [0.2, 0.25) is 0 Å². The third kappa shape index (κ3) is 4.99. The second-order valence-electron chi connectivity index (χ2n) is 4.07. The lowest BCUT2D eigenvalue weighted by atomic mass is 10.2. The van der Waals surface area contributed by atoms with Gasteiger partial charge in [-0.3, -0.25) is 0 Å². The molecular weight excluding hydrogens is 315 g/mol. The van der Waals surface area contributed by atoms with Gasteiger partial charge in [-0.25, -0.2) is 17.9 Å². The summed E-state index contributed by atoms with van der Waals surface area (Å²) in [4.78, 5) is 9.73. The smallest absolute Gasteiger partial charge is 0.416 e. The highest BCUT2D eigenvalue weighted by atomic mass is 32.2. The maximum absolute atomic E-state index is 12.5. The minimum Gasteiger partial charge on any atom is -0.479 e. The van der Waals surface area contributed by atoms with Gasteiger partial charge in [0.1, 0.15) is 0 Å². The third-order valence-electron chi connectivity index (χ3n) is 2.47. The number of aliphatic hydroxyl groups excluding tert-OH is 1. The van der Waals surface area contributed by atoms with Crippen molar-refractivity contribution in [2.45, 2.75) is 23.6 Å². The largest absolute Gasteiger partial charge is 0.479 e. The lowest BCUT2D eigenvalue weighted by molar-refractivity contribution is -0.146. The van der Waals surface area contributed by atoms with E-state index in [9.17, 15) is 26.4 Å². The summed E-state index contributed by atoms with van der Waals surface area (Å²) in [6.45, 7) is -0.425. The molecule has 118 valence electrons. The summed E-state index contributed by atoms with van der Waals surface area (Å²) in [5.74, 6) is -1.52. The van der Waals surface area contributed by atoms with Crippen LogP contribution < -0.4 is 4.72 Å². The molecule has 10 heteroatoms. The molecule has 0 saturated carbocycles. The average Bonchev–Trinajstić information content (AvgIpc) is 2.37. The van der Waals surface area contributed by atoms with Crippen LogP contribution in [0.3, 0.4) is 0 Å². The van der Waals surface area contributed by atoms with Crippen LogP contribution in [0.15, 0.2) is 29.2 Å². The second kappa shape index (κ2) is 6.41. The predicted octanol–water partition coefficient (Wildman–Crippen LogP) is 0.819. The van der Waals surface area contributed by atoms with Gasteiger partial charge >= 0.3 is 12.1 Å². The summed E-state index contributed by atoms with van der Waals surface area (Å²) in [6.07, 6.45) is -6.84. The van der Waals surface area contributed by atoms with E-state index >= 15 is 0 Å². The van der Waals surface area contributed by atoms with Crippen LogP contribution in [0.25, 0.3) is 0 Å². The minimum atomic E-state index is -4.68. The van der Waals surface area contributed by atoms with Crippen molar-refractivity contribution in [3.63, 3.8) is 0 Å². The van der Waals surface area contributed by atoms with Gasteiger partial charge in [0.25, 0.3) is 0 Å². The summed E-state index contributed by atoms with van der Waals surface area (Å²) >= 11 is 0. The molecule has 21 heavy (non-hydrogen) atoms. The van der Waals surface area contributed by atoms with Gasteiger partial charge in [0.15, 0.2) is 6.10 Å². The fourth-order valence-corrected chi connectivity index (χ4v) is 2.47. The predicted molar refractivity (Wildman–Crippen MR) is 64.9 cm³/mol. The van der Waals surface area contributed by atoms with E-state index < -0.39 is 51.7 Å². The van der Waals surface area contributed by atoms with E-state index in [1.165, 1.54) is 0 Å². The molecule has 1 atom stereocenters. The van der Waals surface area contributed by atoms with Crippen LogP contribution in [0.1, 0.15) is 12.0 Å². The number of halogens is 3. The van der Waals surface area contributed by atoms with Gasteiger partial charge in [-0.15, -0.1) is 0 Å². The highest BCUT2D eigenvalue weighted by Gasteiger charge is 2.31. The van der Waals surface area contributed by atoms with Crippen molar-refractivity contribution in [1.29, 1.82) is 0 Å². The summed E-state index contributed by atoms with van der Waals surface area (Å²) < 4.78 is 62.9. The number of sulfonamides is 1. The van der Waals surface area contributed by atoms with Gasteiger partial charge in [0.2, 0.25) is 10.0 Å². The number of nitrogens with one attached hydrogen (secondary N) is 1. The second-order valence-corrected chi connectivity index (χ2v) is 5.83. The number of carbonyl (C=O) groups is 1. The molecule has 0 aliphatic carbocycles. The molecule has 0 aliphatic rings. The molecule has 0 radical (unpaired) electrons. The number of alkyl halides is 3. The highest BCUT2D eigenvalue weighted by molar-refractivity contribution is 7.89. The van der Waals surface area contributed by atoms with Crippen LogP contribution in [0.5, 0.6) is 0 Å². The van der Waals surface area contributed by atoms with E-state index in [2.05, 4.69) is 0 Å². The monoisotopic (exact) mass is 327 g/mol. The number of benzene rings is 1. The quantitative estimate of drug-likeness (QED) is 0.718. The first-order valence-electron chi connectivity index (χ1n) is 5.62. The standard InChI is InChI=1S/C11H12F3NO5S/c12-11(13,14)7-2-1-3-8(6-7)21(19,20)15-5-4-9(16)10(17)18/h1-3,6,9,15-16H,4-5H2,(H,17,18). The van der Waals surface area contributed by atoms with Gasteiger partial charge in [-0.2, -0.15) is 13.2 Å². The van der Waals surface area contributed by atoms with Crippen molar-refractivity contribution in [1.82, 2.24) is 4.72 Å². The van der Waals surface area contributed by atoms with E-state index in [-0.39, 0.29) is 0 Å². The Labute approximate surface area is 118 Å². The van der Waals surface area contributed by atoms with E-state index in [1.807, 2.05) is 4.72 Å². The zero-order valence-electron chi connectivity index (χ0n) is 10.5. The lowest BCUT2D eigenvalue weighted by Gasteiger charge is -2.11. The highest BCUT2D eigenvalue weighted by Crippen LogP contribution is 2.30. The molecule has 1 unspecified atom stereocenters. The van der Waals surface area contributed by atoms with Crippen molar-refractivity contribution >= 4 is 16.0 Å². The van der Waals surface area contributed by atoms with Crippen molar-refractivity contribution in [2.24, 2.45) is 0 Å². The number of hydrogen-bond donors (Lipinski definition) is 3. The first-order valence-corrected chi connectivity index (χ1v) is 7.10. The molecule has 0 amide bonds. The van der Waals surface area contributed by atoms with Crippen LogP contribution in [-0.4, -0.2) is 37.2 Å². The molecule has 0 aliphatic heterocycles. The summed E-state index contributed by atoms with van der Waals surface area (Å²) in [7, 11) is -4.22. The van der Waals surface area contributed by atoms with Crippen molar-refractivity contribution in [3.05, 3.63) is 29.8 Å². The Hall–Kier alpha value is -1.65. The zero-order chi connectivity index (χ0) is 16.3. The van der Waals surface area contributed by atoms with Crippen molar-refractivity contribution < 1.29 is 36.6 Å². The molecule has 1 aromatic carbocycles. The number of carboxylic acids is 1. The molecule has 0 fully saturated rings. The van der Waals surface area contributed by atoms with Crippen LogP contribution >= 0.6 is 0 Å². The molecule has 0 heterocycles. The molecule has 0 saturated heterocycles. The van der Waals surface area contributed by atoms with Gasteiger partial charge < -0.3 is 10.2 Å². The molecule has 0 bridgehead atoms. The fraction of sp³-hybridized carbons (Fsp3) is 0.364. The zero-order valence-corrected chi connectivity index (χ0v) is 11.3. The molecule has 0 spiro atoms. The normalized spacial score (nSPS) is 13.9. The van der Waals surface area contributed by atoms with Crippen molar-refractivity contribution in [3.8, 4) is 0 Å². The van der Waals surface area contributed by atoms with E-state index in [1.54, 1.807) is 0 Å². The van der Waals surface area contributed by atoms with Crippen LogP contribution in [0, 0.1) is 0 Å². The number of carboxylic acid groups (broad SMARTS) is 1. The summed E-state index contributed by atoms with van der Waals surface area (Å²) in [5.41, 5.74) is -1.11. The van der Waals surface area contributed by atoms with E-state index in [4.69, 9.17) is 10.2 Å². The lowest BCUT2D eigenvalue weighted by Crippen LogP contribution is -2.30. The Morgan fingerprint density at radius 2 is 1.95 bits per heavy atom. The molecule has 6 nitrogen and oxygen atoms in total. The number of hydrogen-bond acceptors (Lipinski definition) is 4. The number of aliphatic carboxylic acids is 1. The van der Waals surface area contributed by atoms with E-state index in [0.29, 0.717) is 6.07 Å². The van der Waals surface area contributed by atoms with Gasteiger partial charge in [0.05, 0.1) is 10.5 Å².